The zero-order valence-electron chi connectivity index (χ0n) is 16.1. The van der Waals surface area contributed by atoms with E-state index in [9.17, 15) is 10.1 Å². The molecule has 4 aromatic rings. The molecule has 0 saturated heterocycles. The summed E-state index contributed by atoms with van der Waals surface area (Å²) >= 11 is 0. The third-order valence-electron chi connectivity index (χ3n) is 5.62. The van der Waals surface area contributed by atoms with Crippen LogP contribution < -0.4 is 4.74 Å². The van der Waals surface area contributed by atoms with Crippen LogP contribution >= 0.6 is 0 Å². The second-order valence-corrected chi connectivity index (χ2v) is 7.37. The fraction of sp³-hybridized carbons (Fsp3) is 0.120. The van der Waals surface area contributed by atoms with Crippen LogP contribution in [0.3, 0.4) is 0 Å². The van der Waals surface area contributed by atoms with Crippen LogP contribution in [0.2, 0.25) is 0 Å². The van der Waals surface area contributed by atoms with Gasteiger partial charge in [-0.25, -0.2) is 0 Å². The van der Waals surface area contributed by atoms with Crippen molar-refractivity contribution in [3.05, 3.63) is 94.8 Å². The molecule has 1 aliphatic heterocycles. The van der Waals surface area contributed by atoms with Crippen molar-refractivity contribution in [1.29, 1.82) is 5.26 Å². The standard InChI is InChI=1S/C25H18N2O2/c1-15-12-18-19(13-16(15)2)23-24(28)25(17-8-4-3-5-9-17)29-22-11-7-6-10-20(22)27(23)21(18)14-26/h3-13,25H,1-2H3. The summed E-state index contributed by atoms with van der Waals surface area (Å²) in [5.41, 5.74) is 4.62. The zero-order valence-corrected chi connectivity index (χ0v) is 16.1. The van der Waals surface area contributed by atoms with Crippen LogP contribution in [-0.4, -0.2) is 10.4 Å². The van der Waals surface area contributed by atoms with Crippen molar-refractivity contribution in [3.8, 4) is 17.5 Å². The number of fused-ring (bicyclic) bond motifs is 5. The SMILES string of the molecule is Cc1cc2c(C#N)n3c(c2cc1C)C(=O)C(c1ccccc1)Oc1ccccc1-3. The molecule has 0 aliphatic carbocycles. The van der Waals surface area contributed by atoms with E-state index in [2.05, 4.69) is 6.07 Å². The minimum Gasteiger partial charge on any atom is -0.475 e. The van der Waals surface area contributed by atoms with Crippen molar-refractivity contribution in [2.75, 3.05) is 0 Å². The third-order valence-corrected chi connectivity index (χ3v) is 5.62. The van der Waals surface area contributed by atoms with E-state index >= 15 is 0 Å². The Labute approximate surface area is 168 Å². The van der Waals surface area contributed by atoms with Crippen LogP contribution in [0, 0.1) is 25.2 Å². The fourth-order valence-electron chi connectivity index (χ4n) is 4.05. The first-order valence-electron chi connectivity index (χ1n) is 9.51. The maximum Gasteiger partial charge on any atom is 0.225 e. The number of hydrogen-bond donors (Lipinski definition) is 0. The molecular weight excluding hydrogens is 360 g/mol. The van der Waals surface area contributed by atoms with Gasteiger partial charge in [-0.15, -0.1) is 0 Å². The van der Waals surface area contributed by atoms with E-state index in [4.69, 9.17) is 4.74 Å². The number of carbonyl (C=O) groups excluding carboxylic acids is 1. The van der Waals surface area contributed by atoms with Crippen LogP contribution in [0.1, 0.15) is 39.0 Å². The molecule has 0 bridgehead atoms. The number of aromatic nitrogens is 1. The molecule has 0 amide bonds. The van der Waals surface area contributed by atoms with E-state index in [0.717, 1.165) is 27.5 Å². The second kappa shape index (κ2) is 6.35. The van der Waals surface area contributed by atoms with Crippen molar-refractivity contribution in [2.45, 2.75) is 20.0 Å². The highest BCUT2D eigenvalue weighted by atomic mass is 16.5. The number of ketones is 1. The van der Waals surface area contributed by atoms with Crippen molar-refractivity contribution in [1.82, 2.24) is 4.57 Å². The molecule has 1 aromatic heterocycles. The first kappa shape index (κ1) is 17.3. The Morgan fingerprint density at radius 1 is 0.931 bits per heavy atom. The summed E-state index contributed by atoms with van der Waals surface area (Å²) in [6.45, 7) is 4.04. The number of Topliss-reactive ketones (excluding diaryl/α,β-unsaturated/α-hetero) is 1. The second-order valence-electron chi connectivity index (χ2n) is 7.37. The Kier molecular flexibility index (Phi) is 3.78. The molecule has 29 heavy (non-hydrogen) atoms. The van der Waals surface area contributed by atoms with Gasteiger partial charge in [0, 0.05) is 16.3 Å². The minimum absolute atomic E-state index is 0.151. The molecule has 1 atom stereocenters. The molecule has 0 saturated carbocycles. The molecule has 4 nitrogen and oxygen atoms in total. The van der Waals surface area contributed by atoms with Gasteiger partial charge in [0.1, 0.15) is 23.2 Å². The molecular formula is C25H18N2O2. The van der Waals surface area contributed by atoms with E-state index in [0.29, 0.717) is 22.8 Å². The highest BCUT2D eigenvalue weighted by Gasteiger charge is 2.35. The molecule has 4 heteroatoms. The van der Waals surface area contributed by atoms with E-state index in [1.807, 2.05) is 80.6 Å². The summed E-state index contributed by atoms with van der Waals surface area (Å²) in [5.74, 6) is 0.431. The summed E-state index contributed by atoms with van der Waals surface area (Å²) in [7, 11) is 0. The Morgan fingerprint density at radius 2 is 1.59 bits per heavy atom. The quantitative estimate of drug-likeness (QED) is 0.443. The van der Waals surface area contributed by atoms with Crippen LogP contribution in [0.15, 0.2) is 66.7 Å². The first-order chi connectivity index (χ1) is 14.1. The van der Waals surface area contributed by atoms with Gasteiger partial charge in [0.2, 0.25) is 5.78 Å². The number of benzene rings is 3. The Bertz CT molecular complexity index is 1330. The van der Waals surface area contributed by atoms with Crippen LogP contribution in [-0.2, 0) is 0 Å². The van der Waals surface area contributed by atoms with Gasteiger partial charge in [-0.2, -0.15) is 5.26 Å². The molecule has 3 aromatic carbocycles. The summed E-state index contributed by atoms with van der Waals surface area (Å²) in [5, 5.41) is 11.6. The lowest BCUT2D eigenvalue weighted by atomic mass is 9.98. The predicted octanol–water partition coefficient (Wildman–Crippen LogP) is 5.44. The number of nitrogens with zero attached hydrogens (tertiary/aromatic N) is 2. The topological polar surface area (TPSA) is 55.0 Å². The number of para-hydroxylation sites is 2. The fourth-order valence-corrected chi connectivity index (χ4v) is 4.05. The van der Waals surface area contributed by atoms with E-state index in [1.165, 1.54) is 0 Å². The summed E-state index contributed by atoms with van der Waals surface area (Å²) in [6.07, 6.45) is -0.773. The molecule has 0 fully saturated rings. The average molecular weight is 378 g/mol. The normalized spacial score (nSPS) is 15.2. The number of carbonyl (C=O) groups is 1. The van der Waals surface area contributed by atoms with Gasteiger partial charge < -0.3 is 4.74 Å². The van der Waals surface area contributed by atoms with E-state index < -0.39 is 6.10 Å². The maximum atomic E-state index is 13.8. The highest BCUT2D eigenvalue weighted by molar-refractivity contribution is 6.12. The van der Waals surface area contributed by atoms with Crippen LogP contribution in [0.4, 0.5) is 0 Å². The molecule has 2 heterocycles. The molecule has 0 N–H and O–H groups in total. The van der Waals surface area contributed by atoms with Crippen LogP contribution in [0.25, 0.3) is 16.5 Å². The largest absolute Gasteiger partial charge is 0.475 e. The predicted molar refractivity (Wildman–Crippen MR) is 112 cm³/mol. The minimum atomic E-state index is -0.773. The number of hydrogen-bond acceptors (Lipinski definition) is 3. The molecule has 1 aliphatic rings. The van der Waals surface area contributed by atoms with Crippen molar-refractivity contribution < 1.29 is 9.53 Å². The molecule has 140 valence electrons. The zero-order chi connectivity index (χ0) is 20.1. The monoisotopic (exact) mass is 378 g/mol. The van der Waals surface area contributed by atoms with Crippen LogP contribution in [0.5, 0.6) is 5.75 Å². The van der Waals surface area contributed by atoms with Gasteiger partial charge >= 0.3 is 0 Å². The van der Waals surface area contributed by atoms with Gasteiger partial charge in [0.05, 0.1) is 5.69 Å². The smallest absolute Gasteiger partial charge is 0.225 e. The van der Waals surface area contributed by atoms with Gasteiger partial charge in [-0.1, -0.05) is 42.5 Å². The lowest BCUT2D eigenvalue weighted by Gasteiger charge is -2.16. The van der Waals surface area contributed by atoms with Gasteiger partial charge in [0.25, 0.3) is 0 Å². The average Bonchev–Trinajstić information content (AvgIpc) is 2.98. The van der Waals surface area contributed by atoms with E-state index in [1.54, 1.807) is 4.57 Å². The Morgan fingerprint density at radius 3 is 2.31 bits per heavy atom. The van der Waals surface area contributed by atoms with Crippen molar-refractivity contribution >= 4 is 16.6 Å². The number of aryl methyl sites for hydroxylation is 2. The Balaban J connectivity index is 1.92. The van der Waals surface area contributed by atoms with Gasteiger partial charge in [-0.05, 0) is 49.2 Å². The Hall–Kier alpha value is -3.84. The number of nitriles is 1. The van der Waals surface area contributed by atoms with E-state index in [-0.39, 0.29) is 5.78 Å². The third kappa shape index (κ3) is 2.48. The molecule has 1 unspecified atom stereocenters. The maximum absolute atomic E-state index is 13.8. The molecule has 0 spiro atoms. The summed E-state index contributed by atoms with van der Waals surface area (Å²) in [4.78, 5) is 13.8. The molecule has 5 rings (SSSR count). The molecule has 0 radical (unpaired) electrons. The van der Waals surface area contributed by atoms with Crippen molar-refractivity contribution in [3.63, 3.8) is 0 Å². The number of ether oxygens (including phenoxy) is 1. The van der Waals surface area contributed by atoms with Gasteiger partial charge in [-0.3, -0.25) is 9.36 Å². The van der Waals surface area contributed by atoms with Crippen molar-refractivity contribution in [2.24, 2.45) is 0 Å². The summed E-state index contributed by atoms with van der Waals surface area (Å²) in [6, 6.07) is 23.3. The highest BCUT2D eigenvalue weighted by Crippen LogP contribution is 2.41. The lowest BCUT2D eigenvalue weighted by molar-refractivity contribution is 0.0797. The lowest BCUT2D eigenvalue weighted by Crippen LogP contribution is -2.19. The summed E-state index contributed by atoms with van der Waals surface area (Å²) < 4.78 is 7.99. The number of rotatable bonds is 1. The first-order valence-corrected chi connectivity index (χ1v) is 9.51. The van der Waals surface area contributed by atoms with Gasteiger partial charge in [0.15, 0.2) is 6.10 Å².